The Hall–Kier alpha value is -1.84. The molecule has 120 valence electrons. The first kappa shape index (κ1) is 18.5. The third kappa shape index (κ3) is 4.59. The molecule has 4 radical (unpaired) electrons. The Morgan fingerprint density at radius 3 is 2.67 bits per heavy atom. The molecule has 0 saturated heterocycles. The van der Waals surface area contributed by atoms with Gasteiger partial charge in [-0.15, -0.1) is 0 Å². The summed E-state index contributed by atoms with van der Waals surface area (Å²) in [4.78, 5) is 11.3. The molecule has 2 aromatic rings. The Bertz CT molecular complexity index is 695. The van der Waals surface area contributed by atoms with Gasteiger partial charge in [0.2, 0.25) is 0 Å². The van der Waals surface area contributed by atoms with E-state index in [1.54, 1.807) is 0 Å². The molecule has 24 heavy (non-hydrogen) atoms. The van der Waals surface area contributed by atoms with Gasteiger partial charge in [0.15, 0.2) is 0 Å². The second-order valence-electron chi connectivity index (χ2n) is 6.07. The highest BCUT2D eigenvalue weighted by atomic mass is 16.5. The summed E-state index contributed by atoms with van der Waals surface area (Å²) in [5, 5.41) is 0. The van der Waals surface area contributed by atoms with Gasteiger partial charge in [0.05, 0.1) is 0 Å². The lowest BCUT2D eigenvalue weighted by Crippen LogP contribution is -2.28. The Morgan fingerprint density at radius 2 is 2.08 bits per heavy atom. The van der Waals surface area contributed by atoms with Crippen LogP contribution in [0.2, 0.25) is 0 Å². The average molecular weight is 318 g/mol. The Kier molecular flexibility index (Phi) is 6.41. The molecule has 0 saturated carbocycles. The molecule has 1 aromatic carbocycles. The van der Waals surface area contributed by atoms with Crippen LogP contribution in [0.5, 0.6) is 0 Å². The fraction of sp³-hybridized carbons (Fsp3) is 0.389. The van der Waals surface area contributed by atoms with Gasteiger partial charge in [-0.1, -0.05) is 43.2 Å². The van der Waals surface area contributed by atoms with Crippen LogP contribution in [0.15, 0.2) is 34.7 Å². The van der Waals surface area contributed by atoms with Crippen LogP contribution in [-0.2, 0) is 16.0 Å². The van der Waals surface area contributed by atoms with Crippen LogP contribution in [-0.4, -0.2) is 27.9 Å². The van der Waals surface area contributed by atoms with Crippen molar-refractivity contribution in [2.75, 3.05) is 0 Å². The lowest BCUT2D eigenvalue weighted by atomic mass is 9.16. The van der Waals surface area contributed by atoms with Crippen molar-refractivity contribution in [3.05, 3.63) is 47.4 Å². The van der Waals surface area contributed by atoms with E-state index in [-0.39, 0.29) is 0 Å². The highest BCUT2D eigenvalue weighted by Crippen LogP contribution is 2.33. The van der Waals surface area contributed by atoms with Gasteiger partial charge in [0.25, 0.3) is 0 Å². The summed E-state index contributed by atoms with van der Waals surface area (Å²) in [5.74, 6) is 0.919. The molecule has 1 heterocycles. The molecule has 0 aliphatic heterocycles. The molecule has 0 fully saturated rings. The van der Waals surface area contributed by atoms with Gasteiger partial charge in [-0.25, -0.2) is 0 Å². The zero-order valence-corrected chi connectivity index (χ0v) is 14.5. The maximum Gasteiger partial charge on any atom is 0.302 e. The normalized spacial score (nSPS) is 12.0. The molecule has 1 unspecified atom stereocenters. The van der Waals surface area contributed by atoms with Gasteiger partial charge in [0, 0.05) is 34.4 Å². The number of carbonyl (C=O) groups excluding carboxylic acids is 1. The number of furan rings is 1. The predicted molar refractivity (Wildman–Crippen MR) is 99.3 cm³/mol. The number of rotatable bonds is 7. The minimum atomic E-state index is -0.843. The van der Waals surface area contributed by atoms with E-state index in [9.17, 15) is 4.79 Å². The zero-order chi connectivity index (χ0) is 17.7. The van der Waals surface area contributed by atoms with Crippen LogP contribution in [0.4, 0.5) is 0 Å². The van der Waals surface area contributed by atoms with Gasteiger partial charge in [-0.3, -0.25) is 4.79 Å². The minimum absolute atomic E-state index is 0.440. The monoisotopic (exact) mass is 318 g/mol. The van der Waals surface area contributed by atoms with E-state index < -0.39 is 18.5 Å². The zero-order valence-electron chi connectivity index (χ0n) is 14.5. The minimum Gasteiger partial charge on any atom is -0.465 e. The van der Waals surface area contributed by atoms with Crippen molar-refractivity contribution in [1.29, 1.82) is 0 Å². The molecule has 3 nitrogen and oxygen atoms in total. The van der Waals surface area contributed by atoms with E-state index in [2.05, 4.69) is 13.0 Å². The lowest BCUT2D eigenvalue weighted by molar-refractivity contribution is -0.143. The number of benzene rings is 1. The van der Waals surface area contributed by atoms with E-state index in [4.69, 9.17) is 24.6 Å². The van der Waals surface area contributed by atoms with Crippen LogP contribution >= 0.6 is 0 Å². The first-order valence-electron chi connectivity index (χ1n) is 8.30. The van der Waals surface area contributed by atoms with Crippen LogP contribution in [0, 0.1) is 6.92 Å². The van der Waals surface area contributed by atoms with Gasteiger partial charge in [-0.2, -0.15) is 0 Å². The van der Waals surface area contributed by atoms with E-state index in [1.807, 2.05) is 31.2 Å². The summed E-state index contributed by atoms with van der Waals surface area (Å²) in [5.41, 5.74) is 3.24. The highest BCUT2D eigenvalue weighted by molar-refractivity contribution is 7.29. The fourth-order valence-electron chi connectivity index (χ4n) is 2.67. The predicted octanol–water partition coefficient (Wildman–Crippen LogP) is 3.57. The molecule has 6 heteroatoms. The Morgan fingerprint density at radius 1 is 1.33 bits per heavy atom. The maximum atomic E-state index is 11.3. The molecule has 0 spiro atoms. The lowest BCUT2D eigenvalue weighted by Gasteiger charge is -2.17. The molecular formula is C18H21B3O3. The summed E-state index contributed by atoms with van der Waals surface area (Å²) in [7, 11) is 11.6. The van der Waals surface area contributed by atoms with Crippen LogP contribution < -0.4 is 0 Å². The molecular weight excluding hydrogens is 297 g/mol. The number of unbranched alkanes of at least 4 members (excludes halogenated alkanes) is 1. The summed E-state index contributed by atoms with van der Waals surface area (Å²) in [6, 6.07) is 9.31. The Labute approximate surface area is 147 Å². The van der Waals surface area contributed by atoms with E-state index in [0.29, 0.717) is 5.76 Å². The SMILES string of the molecule is [B]B([B])C(OC(C)=O)c1cc(-c2cccc(C)c2)c(CCCC)o1. The third-order valence-corrected chi connectivity index (χ3v) is 3.84. The number of hydrogen-bond donors (Lipinski definition) is 0. The number of carbonyl (C=O) groups is 1. The average Bonchev–Trinajstić information content (AvgIpc) is 2.94. The molecule has 0 aliphatic rings. The summed E-state index contributed by atoms with van der Waals surface area (Å²) >= 11 is 0. The molecule has 0 bridgehead atoms. The van der Waals surface area contributed by atoms with Gasteiger partial charge in [-0.05, 0) is 25.0 Å². The van der Waals surface area contributed by atoms with E-state index >= 15 is 0 Å². The van der Waals surface area contributed by atoms with Crippen molar-refractivity contribution >= 4 is 27.9 Å². The second kappa shape index (κ2) is 8.32. The summed E-state index contributed by atoms with van der Waals surface area (Å²) in [6.45, 7) is 4.67. The van der Waals surface area contributed by atoms with Crippen LogP contribution in [0.3, 0.4) is 0 Å². The maximum absolute atomic E-state index is 11.3. The van der Waals surface area contributed by atoms with Crippen LogP contribution in [0.25, 0.3) is 11.1 Å². The number of hydrogen-bond acceptors (Lipinski definition) is 3. The van der Waals surface area contributed by atoms with E-state index in [1.165, 1.54) is 12.5 Å². The smallest absolute Gasteiger partial charge is 0.302 e. The third-order valence-electron chi connectivity index (χ3n) is 3.84. The number of aryl methyl sites for hydroxylation is 2. The molecule has 0 aliphatic carbocycles. The highest BCUT2D eigenvalue weighted by Gasteiger charge is 2.25. The standard InChI is InChI=1S/C18H21B3O3/c1-4-5-9-16-15(14-8-6-7-12(2)10-14)11-17(24-16)18(21(19)20)23-13(3)22/h6-8,10-11,18H,4-5,9H2,1-3H3. The van der Waals surface area contributed by atoms with Crippen molar-refractivity contribution in [2.45, 2.75) is 46.0 Å². The van der Waals surface area contributed by atoms with Gasteiger partial charge in [0.1, 0.15) is 24.0 Å². The quantitative estimate of drug-likeness (QED) is 0.579. The van der Waals surface area contributed by atoms with Crippen molar-refractivity contribution in [3.8, 4) is 11.1 Å². The topological polar surface area (TPSA) is 39.4 Å². The number of esters is 1. The molecule has 1 aromatic heterocycles. The van der Waals surface area contributed by atoms with Crippen LogP contribution in [0.1, 0.15) is 49.8 Å². The van der Waals surface area contributed by atoms with E-state index in [0.717, 1.165) is 36.1 Å². The van der Waals surface area contributed by atoms with Crippen molar-refractivity contribution in [2.24, 2.45) is 0 Å². The van der Waals surface area contributed by atoms with Crippen molar-refractivity contribution in [1.82, 2.24) is 0 Å². The van der Waals surface area contributed by atoms with Gasteiger partial charge >= 0.3 is 5.97 Å². The largest absolute Gasteiger partial charge is 0.465 e. The number of ether oxygens (including phenoxy) is 1. The first-order valence-corrected chi connectivity index (χ1v) is 8.30. The van der Waals surface area contributed by atoms with Crippen molar-refractivity contribution in [3.63, 3.8) is 0 Å². The second-order valence-corrected chi connectivity index (χ2v) is 6.07. The first-order chi connectivity index (χ1) is 11.4. The van der Waals surface area contributed by atoms with Crippen molar-refractivity contribution < 1.29 is 13.9 Å². The summed E-state index contributed by atoms with van der Waals surface area (Å²) < 4.78 is 11.2. The molecule has 2 rings (SSSR count). The molecule has 0 N–H and O–H groups in total. The summed E-state index contributed by atoms with van der Waals surface area (Å²) in [6.07, 6.45) is 2.89. The van der Waals surface area contributed by atoms with Gasteiger partial charge < -0.3 is 9.15 Å². The Balaban J connectivity index is 2.45. The fourth-order valence-corrected chi connectivity index (χ4v) is 2.67. The molecule has 1 atom stereocenters. The molecule has 0 amide bonds.